The second-order valence-electron chi connectivity index (χ2n) is 7.51. The van der Waals surface area contributed by atoms with E-state index in [2.05, 4.69) is 33.1 Å². The first-order valence-electron chi connectivity index (χ1n) is 9.70. The number of nitrogens with one attached hydrogen (secondary N) is 2. The van der Waals surface area contributed by atoms with E-state index in [-0.39, 0.29) is 29.4 Å². The Balaban J connectivity index is 0.00000300. The van der Waals surface area contributed by atoms with Crippen LogP contribution in [0.15, 0.2) is 51.7 Å². The van der Waals surface area contributed by atoms with E-state index < -0.39 is 9.84 Å². The van der Waals surface area contributed by atoms with Crippen molar-refractivity contribution in [1.29, 1.82) is 0 Å². The molecule has 0 unspecified atom stereocenters. The summed E-state index contributed by atoms with van der Waals surface area (Å²) in [6.45, 7) is 1.47. The number of rotatable bonds is 6. The lowest BCUT2D eigenvalue weighted by atomic mass is 9.73. The Labute approximate surface area is 195 Å². The summed E-state index contributed by atoms with van der Waals surface area (Å²) < 4.78 is 23.2. The normalized spacial score (nSPS) is 16.7. The zero-order valence-corrected chi connectivity index (χ0v) is 20.9. The van der Waals surface area contributed by atoms with Gasteiger partial charge in [0.1, 0.15) is 0 Å². The van der Waals surface area contributed by atoms with Crippen molar-refractivity contribution in [3.8, 4) is 0 Å². The van der Waals surface area contributed by atoms with E-state index in [0.29, 0.717) is 11.4 Å². The minimum Gasteiger partial charge on any atom is -0.355 e. The van der Waals surface area contributed by atoms with Crippen molar-refractivity contribution in [3.63, 3.8) is 0 Å². The first kappa shape index (κ1) is 24.1. The predicted octanol–water partition coefficient (Wildman–Crippen LogP) is 4.34. The summed E-state index contributed by atoms with van der Waals surface area (Å²) >= 11 is 1.85. The number of hydrogen-bond acceptors (Lipinski definition) is 4. The van der Waals surface area contributed by atoms with Crippen molar-refractivity contribution in [2.24, 2.45) is 4.99 Å². The predicted molar refractivity (Wildman–Crippen MR) is 132 cm³/mol. The summed E-state index contributed by atoms with van der Waals surface area (Å²) in [7, 11) is -1.38. The smallest absolute Gasteiger partial charge is 0.191 e. The maximum Gasteiger partial charge on any atom is 0.191 e. The van der Waals surface area contributed by atoms with Gasteiger partial charge in [-0.15, -0.1) is 35.3 Å². The van der Waals surface area contributed by atoms with Crippen molar-refractivity contribution >= 4 is 51.1 Å². The molecular formula is C21H30IN3O2S2. The number of hydrogen-bond donors (Lipinski definition) is 2. The molecule has 3 rings (SSSR count). The molecule has 1 aromatic heterocycles. The van der Waals surface area contributed by atoms with Crippen LogP contribution in [0.2, 0.25) is 0 Å². The first-order chi connectivity index (χ1) is 13.4. The van der Waals surface area contributed by atoms with Crippen LogP contribution in [0.1, 0.15) is 42.5 Å². The lowest BCUT2D eigenvalue weighted by Gasteiger charge is -2.37. The van der Waals surface area contributed by atoms with Crippen LogP contribution in [0.25, 0.3) is 0 Å². The average molecular weight is 548 g/mol. The zero-order chi connectivity index (χ0) is 20.0. The molecule has 1 aliphatic rings. The lowest BCUT2D eigenvalue weighted by molar-refractivity contribution is 0.296. The van der Waals surface area contributed by atoms with E-state index in [0.717, 1.165) is 18.1 Å². The van der Waals surface area contributed by atoms with Crippen LogP contribution in [0.5, 0.6) is 0 Å². The van der Waals surface area contributed by atoms with Crippen molar-refractivity contribution < 1.29 is 8.42 Å². The molecule has 0 bridgehead atoms. The average Bonchev–Trinajstić information content (AvgIpc) is 3.24. The Hall–Kier alpha value is -1.13. The van der Waals surface area contributed by atoms with E-state index in [1.54, 1.807) is 19.2 Å². The van der Waals surface area contributed by atoms with E-state index >= 15 is 0 Å². The van der Waals surface area contributed by atoms with Crippen LogP contribution in [-0.2, 0) is 21.8 Å². The lowest BCUT2D eigenvalue weighted by Crippen LogP contribution is -2.46. The van der Waals surface area contributed by atoms with E-state index in [1.807, 2.05) is 23.5 Å². The number of thiophene rings is 1. The Bertz CT molecular complexity index is 889. The van der Waals surface area contributed by atoms with Crippen molar-refractivity contribution in [3.05, 3.63) is 52.2 Å². The molecule has 0 radical (unpaired) electrons. The maximum absolute atomic E-state index is 11.6. The summed E-state index contributed by atoms with van der Waals surface area (Å²) in [5, 5.41) is 9.03. The van der Waals surface area contributed by atoms with Crippen LogP contribution in [-0.4, -0.2) is 34.2 Å². The van der Waals surface area contributed by atoms with E-state index in [9.17, 15) is 8.42 Å². The minimum atomic E-state index is -3.16. The molecule has 1 heterocycles. The van der Waals surface area contributed by atoms with Gasteiger partial charge in [0.15, 0.2) is 15.8 Å². The number of sulfone groups is 1. The third-order valence-electron chi connectivity index (χ3n) is 5.48. The van der Waals surface area contributed by atoms with Gasteiger partial charge in [-0.25, -0.2) is 8.42 Å². The maximum atomic E-state index is 11.6. The second kappa shape index (κ2) is 10.8. The van der Waals surface area contributed by atoms with E-state index in [4.69, 9.17) is 0 Å². The number of aliphatic imine (C=N–C) groups is 1. The first-order valence-corrected chi connectivity index (χ1v) is 12.5. The van der Waals surface area contributed by atoms with Gasteiger partial charge < -0.3 is 10.6 Å². The summed E-state index contributed by atoms with van der Waals surface area (Å²) in [6, 6.07) is 11.4. The van der Waals surface area contributed by atoms with Gasteiger partial charge in [0.2, 0.25) is 0 Å². The molecule has 5 nitrogen and oxygen atoms in total. The molecule has 0 amide bonds. The molecular weight excluding hydrogens is 517 g/mol. The zero-order valence-electron chi connectivity index (χ0n) is 17.0. The van der Waals surface area contributed by atoms with Crippen molar-refractivity contribution in [2.75, 3.05) is 19.8 Å². The SMILES string of the molecule is CN=C(NCc1ccc(S(C)(=O)=O)cc1)NCC1(c2cccs2)CCCCC1.I. The Kier molecular flexibility index (Phi) is 8.96. The monoisotopic (exact) mass is 547 g/mol. The van der Waals surface area contributed by atoms with Crippen LogP contribution in [0.4, 0.5) is 0 Å². The Morgan fingerprint density at radius 3 is 2.34 bits per heavy atom. The van der Waals surface area contributed by atoms with Crippen LogP contribution >= 0.6 is 35.3 Å². The fourth-order valence-electron chi connectivity index (χ4n) is 3.83. The van der Waals surface area contributed by atoms with Gasteiger partial charge in [0, 0.05) is 36.7 Å². The highest BCUT2D eigenvalue weighted by molar-refractivity contribution is 14.0. The fourth-order valence-corrected chi connectivity index (χ4v) is 5.45. The standard InChI is InChI=1S/C21H29N3O2S2.HI/c1-22-20(23-15-17-8-10-18(11-9-17)28(2,25)26)24-16-21(12-4-3-5-13-21)19-7-6-14-27-19;/h6-11,14H,3-5,12-13,15-16H2,1-2H3,(H2,22,23,24);1H. The summed E-state index contributed by atoms with van der Waals surface area (Å²) in [6.07, 6.45) is 7.52. The number of halogens is 1. The summed E-state index contributed by atoms with van der Waals surface area (Å²) in [5.41, 5.74) is 1.21. The van der Waals surface area contributed by atoms with Gasteiger partial charge in [-0.05, 0) is 42.0 Å². The number of benzene rings is 1. The second-order valence-corrected chi connectivity index (χ2v) is 10.5. The molecule has 0 spiro atoms. The highest BCUT2D eigenvalue weighted by atomic mass is 127. The molecule has 29 heavy (non-hydrogen) atoms. The third-order valence-corrected chi connectivity index (χ3v) is 7.73. The molecule has 0 aliphatic heterocycles. The molecule has 1 aliphatic carbocycles. The van der Waals surface area contributed by atoms with Gasteiger partial charge in [-0.1, -0.05) is 37.5 Å². The van der Waals surface area contributed by atoms with Crippen LogP contribution < -0.4 is 10.6 Å². The Morgan fingerprint density at radius 2 is 1.79 bits per heavy atom. The van der Waals surface area contributed by atoms with Gasteiger partial charge in [0.25, 0.3) is 0 Å². The quantitative estimate of drug-likeness (QED) is 0.321. The summed E-state index contributed by atoms with van der Waals surface area (Å²) in [4.78, 5) is 6.16. The Morgan fingerprint density at radius 1 is 1.10 bits per heavy atom. The van der Waals surface area contributed by atoms with Gasteiger partial charge in [-0.3, -0.25) is 4.99 Å². The topological polar surface area (TPSA) is 70.6 Å². The van der Waals surface area contributed by atoms with Crippen molar-refractivity contribution in [2.45, 2.75) is 49.0 Å². The van der Waals surface area contributed by atoms with Crippen LogP contribution in [0, 0.1) is 0 Å². The molecule has 8 heteroatoms. The van der Waals surface area contributed by atoms with Crippen LogP contribution in [0.3, 0.4) is 0 Å². The number of nitrogens with zero attached hydrogens (tertiary/aromatic N) is 1. The van der Waals surface area contributed by atoms with Gasteiger partial charge >= 0.3 is 0 Å². The van der Waals surface area contributed by atoms with Crippen molar-refractivity contribution in [1.82, 2.24) is 10.6 Å². The molecule has 160 valence electrons. The highest BCUT2D eigenvalue weighted by Crippen LogP contribution is 2.41. The van der Waals surface area contributed by atoms with Gasteiger partial charge in [-0.2, -0.15) is 0 Å². The molecule has 0 saturated heterocycles. The summed E-state index contributed by atoms with van der Waals surface area (Å²) in [5.74, 6) is 0.772. The van der Waals surface area contributed by atoms with E-state index in [1.165, 1.54) is 43.2 Å². The molecule has 1 aromatic carbocycles. The largest absolute Gasteiger partial charge is 0.355 e. The minimum absolute atomic E-state index is 0. The number of guanidine groups is 1. The third kappa shape index (κ3) is 6.42. The molecule has 1 saturated carbocycles. The fraction of sp³-hybridized carbons (Fsp3) is 0.476. The molecule has 2 N–H and O–H groups in total. The molecule has 0 atom stereocenters. The highest BCUT2D eigenvalue weighted by Gasteiger charge is 2.34. The van der Waals surface area contributed by atoms with Gasteiger partial charge in [0.05, 0.1) is 4.90 Å². The molecule has 1 fully saturated rings. The molecule has 2 aromatic rings.